The molecule has 2 saturated heterocycles. The highest BCUT2D eigenvalue weighted by molar-refractivity contribution is 6.62. The maximum absolute atomic E-state index is 6.75. The van der Waals surface area contributed by atoms with Gasteiger partial charge in [0.1, 0.15) is 11.5 Å². The molecule has 0 saturated carbocycles. The molecule has 2 heterocycles. The van der Waals surface area contributed by atoms with Crippen LogP contribution in [0.15, 0.2) is 84.9 Å². The zero-order chi connectivity index (χ0) is 61.9. The van der Waals surface area contributed by atoms with Crippen LogP contribution in [0, 0.1) is 0 Å². The lowest BCUT2D eigenvalue weighted by Crippen LogP contribution is -2.41. The van der Waals surface area contributed by atoms with Crippen molar-refractivity contribution in [3.63, 3.8) is 0 Å². The minimum atomic E-state index is -0.429. The quantitative estimate of drug-likeness (QED) is 0.0325. The molecule has 0 radical (unpaired) electrons. The standard InChI is InChI=1S/C79H124B2O6/c1-11-13-15-17-19-21-23-25-27-29-31-33-39-47-65-49-45-51-69(61-65)82-59-43-37-35-41-57-79(58-42-36-38-44-60-83-70-52-46-50-66(62-70)48-40-34-32-30-28-26-24-22-20-18-16-14-12-2)73-63-67(80-84-75(3,4)76(5,6)85-80)53-55-71(73)72-56-54-68(64-74(72)79)81-86-77(7,8)78(9,10)87-81/h45-46,49-56,61-64H,11-44,47-48,57-60H2,1-10H3. The summed E-state index contributed by atoms with van der Waals surface area (Å²) in [6.07, 6.45) is 49.5. The number of benzene rings is 4. The topological polar surface area (TPSA) is 55.4 Å². The summed E-state index contributed by atoms with van der Waals surface area (Å²) in [4.78, 5) is 0. The first-order valence-electron chi connectivity index (χ1n) is 36.5. The molecule has 0 spiro atoms. The van der Waals surface area contributed by atoms with E-state index in [0.717, 1.165) is 113 Å². The van der Waals surface area contributed by atoms with Gasteiger partial charge >= 0.3 is 14.2 Å². The Kier molecular flexibility index (Phi) is 29.7. The van der Waals surface area contributed by atoms with Gasteiger partial charge in [-0.2, -0.15) is 0 Å². The minimum absolute atomic E-state index is 0.196. The summed E-state index contributed by atoms with van der Waals surface area (Å²) in [6, 6.07) is 32.0. The number of ether oxygens (including phenoxy) is 2. The van der Waals surface area contributed by atoms with E-state index in [9.17, 15) is 0 Å². The number of fused-ring (bicyclic) bond motifs is 3. The van der Waals surface area contributed by atoms with E-state index < -0.39 is 36.6 Å². The highest BCUT2D eigenvalue weighted by atomic mass is 16.7. The largest absolute Gasteiger partial charge is 0.494 e. The summed E-state index contributed by atoms with van der Waals surface area (Å²) in [7, 11) is -0.858. The van der Waals surface area contributed by atoms with Gasteiger partial charge in [-0.1, -0.05) is 267 Å². The average molecular weight is 1190 g/mol. The van der Waals surface area contributed by atoms with Crippen LogP contribution < -0.4 is 20.4 Å². The number of unbranched alkanes of at least 4 members (excludes halogenated alkanes) is 30. The fraction of sp³-hybridized carbons (Fsp3) is 0.696. The van der Waals surface area contributed by atoms with Crippen LogP contribution in [-0.4, -0.2) is 49.9 Å². The Labute approximate surface area is 534 Å². The lowest BCUT2D eigenvalue weighted by molar-refractivity contribution is 0.00578. The Bertz CT molecular complexity index is 2360. The summed E-state index contributed by atoms with van der Waals surface area (Å²) in [5.41, 5.74) is 8.62. The van der Waals surface area contributed by atoms with Gasteiger partial charge in [0.05, 0.1) is 35.6 Å². The van der Waals surface area contributed by atoms with Crippen molar-refractivity contribution in [3.05, 3.63) is 107 Å². The molecule has 482 valence electrons. The molecule has 8 heteroatoms. The van der Waals surface area contributed by atoms with Gasteiger partial charge in [0.15, 0.2) is 0 Å². The van der Waals surface area contributed by atoms with Crippen LogP contribution in [0.4, 0.5) is 0 Å². The molecule has 0 bridgehead atoms. The second-order valence-corrected chi connectivity index (χ2v) is 29.2. The predicted octanol–water partition coefficient (Wildman–Crippen LogP) is 21.9. The Hall–Kier alpha value is -3.55. The molecule has 2 fully saturated rings. The molecule has 0 N–H and O–H groups in total. The van der Waals surface area contributed by atoms with Crippen LogP contribution in [0.1, 0.15) is 323 Å². The van der Waals surface area contributed by atoms with Crippen molar-refractivity contribution in [2.75, 3.05) is 13.2 Å². The van der Waals surface area contributed by atoms with E-state index in [2.05, 4.69) is 154 Å². The lowest BCUT2D eigenvalue weighted by atomic mass is 9.67. The summed E-state index contributed by atoms with van der Waals surface area (Å²) < 4.78 is 39.9. The van der Waals surface area contributed by atoms with Crippen molar-refractivity contribution in [2.45, 2.75) is 341 Å². The molecule has 87 heavy (non-hydrogen) atoms. The maximum Gasteiger partial charge on any atom is 0.494 e. The zero-order valence-electron chi connectivity index (χ0n) is 57.5. The first kappa shape index (κ1) is 70.9. The van der Waals surface area contributed by atoms with Gasteiger partial charge in [0.2, 0.25) is 0 Å². The SMILES string of the molecule is CCCCCCCCCCCCCCCc1cccc(OCCCCCCC2(CCCCCCOc3cccc(CCCCCCCCCCCCCCC)c3)c3cc(B4OC(C)(C)C(C)(C)O4)ccc3-c3ccc(B4OC(C)(C)C(C)(C)O4)cc32)c1. The van der Waals surface area contributed by atoms with Crippen molar-refractivity contribution in [1.29, 1.82) is 0 Å². The van der Waals surface area contributed by atoms with Gasteiger partial charge in [-0.3, -0.25) is 0 Å². The summed E-state index contributed by atoms with van der Waals surface area (Å²) in [5, 5.41) is 0. The fourth-order valence-corrected chi connectivity index (χ4v) is 13.9. The molecule has 2 aliphatic heterocycles. The number of rotatable bonds is 46. The van der Waals surface area contributed by atoms with Crippen molar-refractivity contribution >= 4 is 25.2 Å². The van der Waals surface area contributed by atoms with Gasteiger partial charge in [0, 0.05) is 5.41 Å². The summed E-state index contributed by atoms with van der Waals surface area (Å²) >= 11 is 0. The van der Waals surface area contributed by atoms with Crippen LogP contribution in [0.25, 0.3) is 11.1 Å². The minimum Gasteiger partial charge on any atom is -0.494 e. The van der Waals surface area contributed by atoms with E-state index in [0.29, 0.717) is 0 Å². The Balaban J connectivity index is 0.934. The van der Waals surface area contributed by atoms with Crippen molar-refractivity contribution in [1.82, 2.24) is 0 Å². The highest BCUT2D eigenvalue weighted by Gasteiger charge is 2.54. The van der Waals surface area contributed by atoms with Crippen LogP contribution in [-0.2, 0) is 36.9 Å². The van der Waals surface area contributed by atoms with Crippen LogP contribution >= 0.6 is 0 Å². The second-order valence-electron chi connectivity index (χ2n) is 29.2. The van der Waals surface area contributed by atoms with Crippen LogP contribution in [0.5, 0.6) is 11.5 Å². The molecular formula is C79H124B2O6. The van der Waals surface area contributed by atoms with Gasteiger partial charge in [-0.15, -0.1) is 0 Å². The molecular weight excluding hydrogens is 1070 g/mol. The van der Waals surface area contributed by atoms with Gasteiger partial charge in [-0.25, -0.2) is 0 Å². The first-order chi connectivity index (χ1) is 42.1. The van der Waals surface area contributed by atoms with E-state index in [4.69, 9.17) is 28.1 Å². The van der Waals surface area contributed by atoms with E-state index in [1.807, 2.05) is 0 Å². The zero-order valence-corrected chi connectivity index (χ0v) is 57.5. The Morgan fingerprint density at radius 2 is 0.621 bits per heavy atom. The molecule has 0 unspecified atom stereocenters. The lowest BCUT2D eigenvalue weighted by Gasteiger charge is -2.33. The van der Waals surface area contributed by atoms with Crippen molar-refractivity contribution < 1.29 is 28.1 Å². The fourth-order valence-electron chi connectivity index (χ4n) is 13.9. The summed E-state index contributed by atoms with van der Waals surface area (Å²) in [5.74, 6) is 2.04. The van der Waals surface area contributed by atoms with E-state index in [-0.39, 0.29) is 5.41 Å². The predicted molar refractivity (Wildman–Crippen MR) is 373 cm³/mol. The van der Waals surface area contributed by atoms with Crippen molar-refractivity contribution in [2.24, 2.45) is 0 Å². The molecule has 4 aromatic rings. The molecule has 1 aliphatic carbocycles. The van der Waals surface area contributed by atoms with E-state index in [1.165, 1.54) is 200 Å². The summed E-state index contributed by atoms with van der Waals surface area (Å²) in [6.45, 7) is 23.4. The smallest absolute Gasteiger partial charge is 0.494 e. The average Bonchev–Trinajstić information content (AvgIpc) is 1.59. The number of hydrogen-bond acceptors (Lipinski definition) is 6. The van der Waals surface area contributed by atoms with E-state index >= 15 is 0 Å². The normalized spacial score (nSPS) is 16.9. The van der Waals surface area contributed by atoms with Gasteiger partial charge in [-0.05, 0) is 175 Å². The molecule has 3 aliphatic rings. The Morgan fingerprint density at radius 3 is 0.954 bits per heavy atom. The van der Waals surface area contributed by atoms with Crippen LogP contribution in [0.3, 0.4) is 0 Å². The molecule has 6 nitrogen and oxygen atoms in total. The molecule has 0 amide bonds. The second kappa shape index (κ2) is 36.5. The molecule has 0 aromatic heterocycles. The maximum atomic E-state index is 6.75. The van der Waals surface area contributed by atoms with Gasteiger partial charge < -0.3 is 28.1 Å². The monoisotopic (exact) mass is 1190 g/mol. The molecule has 0 atom stereocenters. The molecule has 7 rings (SSSR count). The van der Waals surface area contributed by atoms with Gasteiger partial charge in [0.25, 0.3) is 0 Å². The highest BCUT2D eigenvalue weighted by Crippen LogP contribution is 2.54. The third kappa shape index (κ3) is 21.8. The number of hydrogen-bond donors (Lipinski definition) is 0. The molecule has 4 aromatic carbocycles. The van der Waals surface area contributed by atoms with E-state index in [1.54, 1.807) is 0 Å². The van der Waals surface area contributed by atoms with Crippen molar-refractivity contribution in [3.8, 4) is 22.6 Å². The third-order valence-corrected chi connectivity index (χ3v) is 20.9. The third-order valence-electron chi connectivity index (χ3n) is 20.9. The van der Waals surface area contributed by atoms with Crippen LogP contribution in [0.2, 0.25) is 0 Å². The Morgan fingerprint density at radius 1 is 0.322 bits per heavy atom. The number of aryl methyl sites for hydroxylation is 2. The first-order valence-corrected chi connectivity index (χ1v) is 36.5.